The molecule has 1 heterocycles. The van der Waals surface area contributed by atoms with E-state index in [1.807, 2.05) is 66.7 Å². The summed E-state index contributed by atoms with van der Waals surface area (Å²) >= 11 is 0. The lowest BCUT2D eigenvalue weighted by atomic mass is 9.85. The number of hydrogen-bond donors (Lipinski definition) is 1. The molecule has 0 saturated heterocycles. The summed E-state index contributed by atoms with van der Waals surface area (Å²) in [5, 5.41) is 10.7. The molecule has 0 amide bonds. The Hall–Kier alpha value is -2.32. The number of hydrogen-bond acceptors (Lipinski definition) is 2. The summed E-state index contributed by atoms with van der Waals surface area (Å²) in [6.45, 7) is 0. The van der Waals surface area contributed by atoms with Gasteiger partial charge >= 0.3 is 0 Å². The van der Waals surface area contributed by atoms with Crippen molar-refractivity contribution >= 4 is 0 Å². The number of aliphatic hydroxyl groups is 1. The Bertz CT molecular complexity index is 590. The highest BCUT2D eigenvalue weighted by molar-refractivity contribution is 5.35. The van der Waals surface area contributed by atoms with E-state index < -0.39 is 6.10 Å². The number of aliphatic hydroxyl groups excluding tert-OH is 1. The summed E-state index contributed by atoms with van der Waals surface area (Å²) in [4.78, 5) is 0. The van der Waals surface area contributed by atoms with E-state index in [1.54, 1.807) is 12.3 Å². The summed E-state index contributed by atoms with van der Waals surface area (Å²) in [6, 6.07) is 23.6. The quantitative estimate of drug-likeness (QED) is 0.768. The average molecular weight is 264 g/mol. The fraction of sp³-hybridized carbons (Fsp3) is 0.111. The lowest BCUT2D eigenvalue weighted by Crippen LogP contribution is -2.11. The van der Waals surface area contributed by atoms with E-state index in [9.17, 15) is 5.11 Å². The van der Waals surface area contributed by atoms with Crippen molar-refractivity contribution in [2.45, 2.75) is 12.0 Å². The minimum absolute atomic E-state index is 0.136. The Labute approximate surface area is 118 Å². The molecule has 20 heavy (non-hydrogen) atoms. The van der Waals surface area contributed by atoms with Crippen molar-refractivity contribution in [3.63, 3.8) is 0 Å². The molecule has 0 radical (unpaired) electrons. The third kappa shape index (κ3) is 2.51. The van der Waals surface area contributed by atoms with Crippen LogP contribution < -0.4 is 0 Å². The second-order valence-corrected chi connectivity index (χ2v) is 4.76. The van der Waals surface area contributed by atoms with Crippen molar-refractivity contribution < 1.29 is 9.52 Å². The van der Waals surface area contributed by atoms with Crippen LogP contribution in [0, 0.1) is 0 Å². The van der Waals surface area contributed by atoms with Crippen LogP contribution in [0.25, 0.3) is 0 Å². The predicted octanol–water partition coefficient (Wildman–Crippen LogP) is 4.15. The van der Waals surface area contributed by atoms with Gasteiger partial charge in [-0.3, -0.25) is 0 Å². The Balaban J connectivity index is 2.05. The lowest BCUT2D eigenvalue weighted by Gasteiger charge is -2.22. The molecule has 1 atom stereocenters. The number of furan rings is 1. The molecule has 2 nitrogen and oxygen atoms in total. The first-order valence-electron chi connectivity index (χ1n) is 6.67. The maximum absolute atomic E-state index is 10.7. The van der Waals surface area contributed by atoms with Crippen LogP contribution in [0.4, 0.5) is 0 Å². The standard InChI is InChI=1S/C18H16O2/c19-18(16-12-7-13-20-16)17(14-8-3-1-4-9-14)15-10-5-2-6-11-15/h1-13,17-19H. The van der Waals surface area contributed by atoms with Gasteiger partial charge in [0.25, 0.3) is 0 Å². The third-order valence-electron chi connectivity index (χ3n) is 3.47. The molecule has 2 aromatic carbocycles. The van der Waals surface area contributed by atoms with Crippen LogP contribution in [0.3, 0.4) is 0 Å². The largest absolute Gasteiger partial charge is 0.467 e. The Kier molecular flexibility index (Phi) is 3.66. The van der Waals surface area contributed by atoms with Crippen molar-refractivity contribution in [1.29, 1.82) is 0 Å². The van der Waals surface area contributed by atoms with Crippen LogP contribution in [0.5, 0.6) is 0 Å². The highest BCUT2D eigenvalue weighted by atomic mass is 16.4. The zero-order chi connectivity index (χ0) is 13.8. The molecule has 1 aromatic heterocycles. The topological polar surface area (TPSA) is 33.4 Å². The van der Waals surface area contributed by atoms with E-state index in [0.29, 0.717) is 5.76 Å². The minimum Gasteiger partial charge on any atom is -0.467 e. The van der Waals surface area contributed by atoms with Gasteiger partial charge in [0.2, 0.25) is 0 Å². The molecular formula is C18H16O2. The van der Waals surface area contributed by atoms with Gasteiger partial charge in [-0.2, -0.15) is 0 Å². The van der Waals surface area contributed by atoms with Gasteiger partial charge in [0.05, 0.1) is 6.26 Å². The molecule has 0 aliphatic heterocycles. The first-order chi connectivity index (χ1) is 9.86. The SMILES string of the molecule is OC(c1ccco1)C(c1ccccc1)c1ccccc1. The summed E-state index contributed by atoms with van der Waals surface area (Å²) in [5.74, 6) is 0.450. The second-order valence-electron chi connectivity index (χ2n) is 4.76. The van der Waals surface area contributed by atoms with Crippen molar-refractivity contribution in [2.75, 3.05) is 0 Å². The van der Waals surface area contributed by atoms with E-state index in [2.05, 4.69) is 0 Å². The van der Waals surface area contributed by atoms with Gasteiger partial charge in [-0.1, -0.05) is 60.7 Å². The van der Waals surface area contributed by atoms with Gasteiger partial charge in [-0.05, 0) is 23.3 Å². The fourth-order valence-corrected chi connectivity index (χ4v) is 2.50. The van der Waals surface area contributed by atoms with Gasteiger partial charge in [-0.25, -0.2) is 0 Å². The summed E-state index contributed by atoms with van der Waals surface area (Å²) in [7, 11) is 0. The van der Waals surface area contributed by atoms with Gasteiger partial charge in [0.1, 0.15) is 11.9 Å². The molecule has 0 spiro atoms. The zero-order valence-corrected chi connectivity index (χ0v) is 11.0. The molecule has 0 fully saturated rings. The number of rotatable bonds is 4. The highest BCUT2D eigenvalue weighted by Crippen LogP contribution is 2.36. The summed E-state index contributed by atoms with van der Waals surface area (Å²) < 4.78 is 5.37. The Morgan fingerprint density at radius 2 is 1.25 bits per heavy atom. The molecule has 1 N–H and O–H groups in total. The molecule has 3 aromatic rings. The van der Waals surface area contributed by atoms with Crippen molar-refractivity contribution in [3.8, 4) is 0 Å². The molecule has 0 bridgehead atoms. The van der Waals surface area contributed by atoms with Crippen molar-refractivity contribution in [3.05, 3.63) is 95.9 Å². The first kappa shape index (κ1) is 12.7. The minimum atomic E-state index is -0.699. The van der Waals surface area contributed by atoms with Crippen LogP contribution in [-0.4, -0.2) is 5.11 Å². The lowest BCUT2D eigenvalue weighted by molar-refractivity contribution is 0.132. The van der Waals surface area contributed by atoms with Crippen molar-refractivity contribution in [1.82, 2.24) is 0 Å². The van der Waals surface area contributed by atoms with Crippen molar-refractivity contribution in [2.24, 2.45) is 0 Å². The van der Waals surface area contributed by atoms with Gasteiger partial charge in [-0.15, -0.1) is 0 Å². The summed E-state index contributed by atoms with van der Waals surface area (Å²) in [5.41, 5.74) is 2.14. The van der Waals surface area contributed by atoms with E-state index in [4.69, 9.17) is 4.42 Å². The van der Waals surface area contributed by atoms with E-state index in [0.717, 1.165) is 11.1 Å². The van der Waals surface area contributed by atoms with Gasteiger partial charge in [0, 0.05) is 5.92 Å². The molecule has 0 saturated carbocycles. The fourth-order valence-electron chi connectivity index (χ4n) is 2.50. The smallest absolute Gasteiger partial charge is 0.133 e. The van der Waals surface area contributed by atoms with Crippen LogP contribution in [0.15, 0.2) is 83.5 Å². The molecule has 100 valence electrons. The second kappa shape index (κ2) is 5.76. The average Bonchev–Trinajstić information content (AvgIpc) is 3.04. The molecular weight excluding hydrogens is 248 g/mol. The number of benzene rings is 2. The molecule has 0 aliphatic carbocycles. The molecule has 3 rings (SSSR count). The van der Waals surface area contributed by atoms with Crippen LogP contribution in [0.2, 0.25) is 0 Å². The third-order valence-corrected chi connectivity index (χ3v) is 3.47. The first-order valence-corrected chi connectivity index (χ1v) is 6.67. The van der Waals surface area contributed by atoms with Crippen LogP contribution in [-0.2, 0) is 0 Å². The summed E-state index contributed by atoms with van der Waals surface area (Å²) in [6.07, 6.45) is 0.890. The van der Waals surface area contributed by atoms with Crippen LogP contribution in [0.1, 0.15) is 28.9 Å². The van der Waals surface area contributed by atoms with Gasteiger partial charge < -0.3 is 9.52 Å². The van der Waals surface area contributed by atoms with Crippen LogP contribution >= 0.6 is 0 Å². The molecule has 2 heteroatoms. The van der Waals surface area contributed by atoms with Gasteiger partial charge in [0.15, 0.2) is 0 Å². The normalized spacial score (nSPS) is 12.5. The maximum atomic E-state index is 10.7. The van der Waals surface area contributed by atoms with E-state index >= 15 is 0 Å². The highest BCUT2D eigenvalue weighted by Gasteiger charge is 2.26. The monoisotopic (exact) mass is 264 g/mol. The Morgan fingerprint density at radius 3 is 1.70 bits per heavy atom. The van der Waals surface area contributed by atoms with E-state index in [-0.39, 0.29) is 5.92 Å². The zero-order valence-electron chi connectivity index (χ0n) is 11.0. The predicted molar refractivity (Wildman–Crippen MR) is 78.4 cm³/mol. The molecule has 0 aliphatic rings. The van der Waals surface area contributed by atoms with E-state index in [1.165, 1.54) is 0 Å². The molecule has 1 unspecified atom stereocenters. The maximum Gasteiger partial charge on any atom is 0.133 e. The Morgan fingerprint density at radius 1 is 0.700 bits per heavy atom.